The highest BCUT2D eigenvalue weighted by molar-refractivity contribution is 6.31. The van der Waals surface area contributed by atoms with E-state index in [1.165, 1.54) is 6.92 Å². The molecule has 1 aromatic rings. The number of halogens is 1. The molecule has 0 unspecified atom stereocenters. The van der Waals surface area contributed by atoms with Gasteiger partial charge in [-0.2, -0.15) is 0 Å². The lowest BCUT2D eigenvalue weighted by Gasteiger charge is -2.17. The molecule has 2 N–H and O–H groups in total. The van der Waals surface area contributed by atoms with E-state index >= 15 is 0 Å². The second kappa shape index (κ2) is 6.91. The van der Waals surface area contributed by atoms with Crippen molar-refractivity contribution in [1.82, 2.24) is 10.2 Å². The van der Waals surface area contributed by atoms with Crippen LogP contribution in [0.4, 0.5) is 0 Å². The number of carbonyl (C=O) groups excluding carboxylic acids is 2. The van der Waals surface area contributed by atoms with Gasteiger partial charge in [0.25, 0.3) is 0 Å². The first-order valence-electron chi connectivity index (χ1n) is 6.90. The highest BCUT2D eigenvalue weighted by Crippen LogP contribution is 2.20. The van der Waals surface area contributed by atoms with Crippen molar-refractivity contribution >= 4 is 23.4 Å². The molecule has 6 heteroatoms. The maximum atomic E-state index is 12.3. The number of aliphatic hydroxyl groups is 1. The number of hydrogen-bond acceptors (Lipinski definition) is 3. The standard InChI is InChI=1S/C15H19ClN2O3/c1-10(20)17-14-8-18(7-12(14)9-19)15(21)6-11-4-2-3-5-13(11)16/h2-5,12,14,19H,6-9H2,1H3,(H,17,20)/t12-,14+/m0/s1. The van der Waals surface area contributed by atoms with E-state index in [-0.39, 0.29) is 36.8 Å². The molecule has 1 aliphatic heterocycles. The second-order valence-electron chi connectivity index (χ2n) is 5.32. The highest BCUT2D eigenvalue weighted by Gasteiger charge is 2.35. The van der Waals surface area contributed by atoms with Crippen LogP contribution in [0.25, 0.3) is 0 Å². The molecule has 2 rings (SSSR count). The summed E-state index contributed by atoms with van der Waals surface area (Å²) in [5.41, 5.74) is 0.785. The average Bonchev–Trinajstić information content (AvgIpc) is 2.83. The molecule has 5 nitrogen and oxygen atoms in total. The van der Waals surface area contributed by atoms with Gasteiger partial charge in [-0.25, -0.2) is 0 Å². The quantitative estimate of drug-likeness (QED) is 0.866. The van der Waals surface area contributed by atoms with E-state index in [4.69, 9.17) is 11.6 Å². The summed E-state index contributed by atoms with van der Waals surface area (Å²) in [6, 6.07) is 7.05. The van der Waals surface area contributed by atoms with Crippen LogP contribution in [0.3, 0.4) is 0 Å². The topological polar surface area (TPSA) is 69.6 Å². The third-order valence-electron chi connectivity index (χ3n) is 3.72. The van der Waals surface area contributed by atoms with E-state index in [2.05, 4.69) is 5.32 Å². The molecule has 21 heavy (non-hydrogen) atoms. The molecule has 0 aliphatic carbocycles. The first-order valence-corrected chi connectivity index (χ1v) is 7.28. The van der Waals surface area contributed by atoms with Crippen molar-refractivity contribution < 1.29 is 14.7 Å². The van der Waals surface area contributed by atoms with E-state index in [1.807, 2.05) is 18.2 Å². The maximum Gasteiger partial charge on any atom is 0.227 e. The molecule has 2 atom stereocenters. The van der Waals surface area contributed by atoms with E-state index in [0.717, 1.165) is 5.56 Å². The Labute approximate surface area is 128 Å². The predicted molar refractivity (Wildman–Crippen MR) is 79.9 cm³/mol. The van der Waals surface area contributed by atoms with Crippen molar-refractivity contribution in [3.8, 4) is 0 Å². The van der Waals surface area contributed by atoms with Crippen LogP contribution in [0.2, 0.25) is 5.02 Å². The Morgan fingerprint density at radius 3 is 2.71 bits per heavy atom. The molecule has 1 saturated heterocycles. The summed E-state index contributed by atoms with van der Waals surface area (Å²) < 4.78 is 0. The van der Waals surface area contributed by atoms with Crippen LogP contribution in [0.15, 0.2) is 24.3 Å². The maximum absolute atomic E-state index is 12.3. The molecule has 1 aromatic carbocycles. The van der Waals surface area contributed by atoms with E-state index < -0.39 is 0 Å². The van der Waals surface area contributed by atoms with Crippen LogP contribution >= 0.6 is 11.6 Å². The minimum atomic E-state index is -0.192. The summed E-state index contributed by atoms with van der Waals surface area (Å²) >= 11 is 6.06. The third kappa shape index (κ3) is 3.95. The van der Waals surface area contributed by atoms with E-state index in [0.29, 0.717) is 18.1 Å². The molecule has 0 spiro atoms. The van der Waals surface area contributed by atoms with Gasteiger partial charge in [-0.3, -0.25) is 9.59 Å². The minimum absolute atomic E-state index is 0.0468. The number of amides is 2. The van der Waals surface area contributed by atoms with Gasteiger partial charge in [0.2, 0.25) is 11.8 Å². The number of nitrogens with one attached hydrogen (secondary N) is 1. The van der Waals surface area contributed by atoms with Crippen LogP contribution in [0.5, 0.6) is 0 Å². The summed E-state index contributed by atoms with van der Waals surface area (Å²) in [6.07, 6.45) is 0.227. The fraction of sp³-hybridized carbons (Fsp3) is 0.467. The van der Waals surface area contributed by atoms with Gasteiger partial charge in [-0.1, -0.05) is 29.8 Å². The van der Waals surface area contributed by atoms with Crippen LogP contribution in [-0.4, -0.2) is 47.6 Å². The van der Waals surface area contributed by atoms with Gasteiger partial charge < -0.3 is 15.3 Å². The van der Waals surface area contributed by atoms with E-state index in [1.54, 1.807) is 11.0 Å². The SMILES string of the molecule is CC(=O)N[C@@H]1CN(C(=O)Cc2ccccc2Cl)C[C@H]1CO. The number of nitrogens with zero attached hydrogens (tertiary/aromatic N) is 1. The smallest absolute Gasteiger partial charge is 0.227 e. The molecule has 0 bridgehead atoms. The Hall–Kier alpha value is -1.59. The zero-order chi connectivity index (χ0) is 15.4. The summed E-state index contributed by atoms with van der Waals surface area (Å²) in [5.74, 6) is -0.322. The van der Waals surface area contributed by atoms with E-state index in [9.17, 15) is 14.7 Å². The van der Waals surface area contributed by atoms with Crippen LogP contribution in [0.1, 0.15) is 12.5 Å². The zero-order valence-electron chi connectivity index (χ0n) is 11.9. The van der Waals surface area contributed by atoms with Gasteiger partial charge in [-0.15, -0.1) is 0 Å². The fourth-order valence-corrected chi connectivity index (χ4v) is 2.80. The van der Waals surface area contributed by atoms with Crippen molar-refractivity contribution in [2.75, 3.05) is 19.7 Å². The van der Waals surface area contributed by atoms with Crippen molar-refractivity contribution in [3.05, 3.63) is 34.9 Å². The molecule has 1 heterocycles. The van der Waals surface area contributed by atoms with Crippen molar-refractivity contribution in [2.24, 2.45) is 5.92 Å². The number of benzene rings is 1. The molecular formula is C15H19ClN2O3. The Balaban J connectivity index is 2.00. The zero-order valence-corrected chi connectivity index (χ0v) is 12.6. The summed E-state index contributed by atoms with van der Waals surface area (Å²) in [6.45, 7) is 2.25. The molecule has 0 saturated carbocycles. The second-order valence-corrected chi connectivity index (χ2v) is 5.72. The Bertz CT molecular complexity index is 535. The number of carbonyl (C=O) groups is 2. The van der Waals surface area contributed by atoms with Crippen molar-refractivity contribution in [1.29, 1.82) is 0 Å². The highest BCUT2D eigenvalue weighted by atomic mass is 35.5. The summed E-state index contributed by atoms with van der Waals surface area (Å²) in [7, 11) is 0. The van der Waals surface area contributed by atoms with Gasteiger partial charge in [0.15, 0.2) is 0 Å². The van der Waals surface area contributed by atoms with Crippen molar-refractivity contribution in [2.45, 2.75) is 19.4 Å². The van der Waals surface area contributed by atoms with Gasteiger partial charge in [-0.05, 0) is 11.6 Å². The molecule has 0 aromatic heterocycles. The van der Waals surface area contributed by atoms with Gasteiger partial charge >= 0.3 is 0 Å². The third-order valence-corrected chi connectivity index (χ3v) is 4.09. The largest absolute Gasteiger partial charge is 0.396 e. The molecule has 0 radical (unpaired) electrons. The lowest BCUT2D eigenvalue weighted by molar-refractivity contribution is -0.130. The molecule has 1 aliphatic rings. The Kier molecular flexibility index (Phi) is 5.20. The van der Waals surface area contributed by atoms with Crippen molar-refractivity contribution in [3.63, 3.8) is 0 Å². The molecule has 114 valence electrons. The Morgan fingerprint density at radius 2 is 2.10 bits per heavy atom. The number of rotatable bonds is 4. The number of likely N-dealkylation sites (tertiary alicyclic amines) is 1. The molecular weight excluding hydrogens is 292 g/mol. The summed E-state index contributed by atoms with van der Waals surface area (Å²) in [4.78, 5) is 25.2. The first-order chi connectivity index (χ1) is 10.0. The minimum Gasteiger partial charge on any atom is -0.396 e. The lowest BCUT2D eigenvalue weighted by Crippen LogP contribution is -2.40. The average molecular weight is 311 g/mol. The van der Waals surface area contributed by atoms with Gasteiger partial charge in [0, 0.05) is 37.6 Å². The predicted octanol–water partition coefficient (Wildman–Crippen LogP) is 0.838. The van der Waals surface area contributed by atoms with Gasteiger partial charge in [0.1, 0.15) is 0 Å². The van der Waals surface area contributed by atoms with Crippen LogP contribution in [0, 0.1) is 5.92 Å². The molecule has 2 amide bonds. The fourth-order valence-electron chi connectivity index (χ4n) is 2.60. The number of aliphatic hydroxyl groups excluding tert-OH is 1. The normalized spacial score (nSPS) is 21.4. The Morgan fingerprint density at radius 1 is 1.38 bits per heavy atom. The van der Waals surface area contributed by atoms with Crippen LogP contribution in [-0.2, 0) is 16.0 Å². The molecule has 1 fully saturated rings. The number of hydrogen-bond donors (Lipinski definition) is 2. The first kappa shape index (κ1) is 15.8. The lowest BCUT2D eigenvalue weighted by atomic mass is 10.1. The van der Waals surface area contributed by atoms with Crippen LogP contribution < -0.4 is 5.32 Å². The monoisotopic (exact) mass is 310 g/mol. The van der Waals surface area contributed by atoms with Gasteiger partial charge in [0.05, 0.1) is 12.5 Å². The summed E-state index contributed by atoms with van der Waals surface area (Å²) in [5, 5.41) is 12.7.